The molecule has 1 aliphatic heterocycles. The van der Waals surface area contributed by atoms with Crippen molar-refractivity contribution in [3.63, 3.8) is 0 Å². The largest absolute Gasteiger partial charge is 0.381 e. The number of nitrogens with zero attached hydrogens (tertiary/aromatic N) is 2. The van der Waals surface area contributed by atoms with Crippen molar-refractivity contribution in [2.45, 2.75) is 24.6 Å². The number of anilines is 1. The summed E-state index contributed by atoms with van der Waals surface area (Å²) in [6.45, 7) is 2.30. The Morgan fingerprint density at radius 2 is 2.39 bits per heavy atom. The normalized spacial score (nSPS) is 23.2. The van der Waals surface area contributed by atoms with Crippen molar-refractivity contribution >= 4 is 17.4 Å². The van der Waals surface area contributed by atoms with Gasteiger partial charge < -0.3 is 9.88 Å². The number of thioether (sulfide) groups is 1. The predicted octanol–water partition coefficient (Wildman–Crippen LogP) is 3.18. The molecule has 0 amide bonds. The van der Waals surface area contributed by atoms with E-state index in [1.807, 2.05) is 28.9 Å². The summed E-state index contributed by atoms with van der Waals surface area (Å²) < 4.78 is 2.03. The van der Waals surface area contributed by atoms with Gasteiger partial charge in [0, 0.05) is 35.1 Å². The number of imidazole rings is 1. The topological polar surface area (TPSA) is 29.9 Å². The zero-order chi connectivity index (χ0) is 12.4. The molecule has 1 fully saturated rings. The second-order valence-electron chi connectivity index (χ2n) is 4.64. The maximum atomic E-state index is 4.08. The maximum Gasteiger partial charge on any atom is 0.0991 e. The van der Waals surface area contributed by atoms with E-state index in [0.29, 0.717) is 11.3 Å². The summed E-state index contributed by atoms with van der Waals surface area (Å²) in [5, 5.41) is 4.33. The molecule has 0 radical (unpaired) electrons. The second kappa shape index (κ2) is 5.06. The van der Waals surface area contributed by atoms with Crippen LogP contribution in [0.15, 0.2) is 43.0 Å². The van der Waals surface area contributed by atoms with E-state index >= 15 is 0 Å². The van der Waals surface area contributed by atoms with Crippen LogP contribution >= 0.6 is 11.8 Å². The van der Waals surface area contributed by atoms with Gasteiger partial charge in [-0.25, -0.2) is 4.98 Å². The van der Waals surface area contributed by atoms with Gasteiger partial charge in [0.05, 0.1) is 6.33 Å². The molecule has 2 atom stereocenters. The Labute approximate surface area is 112 Å². The number of hydrogen-bond donors (Lipinski definition) is 1. The van der Waals surface area contributed by atoms with E-state index in [1.165, 1.54) is 17.9 Å². The lowest BCUT2D eigenvalue weighted by atomic mass is 10.1. The molecular weight excluding hydrogens is 242 g/mol. The Hall–Kier alpha value is -1.42. The fraction of sp³-hybridized carbons (Fsp3) is 0.357. The van der Waals surface area contributed by atoms with Crippen molar-refractivity contribution in [1.82, 2.24) is 9.55 Å². The number of benzene rings is 1. The molecule has 1 N–H and O–H groups in total. The molecule has 0 spiro atoms. The lowest BCUT2D eigenvalue weighted by molar-refractivity contribution is 0.724. The van der Waals surface area contributed by atoms with Gasteiger partial charge in [-0.3, -0.25) is 0 Å². The summed E-state index contributed by atoms with van der Waals surface area (Å²) >= 11 is 2.05. The van der Waals surface area contributed by atoms with Crippen molar-refractivity contribution < 1.29 is 0 Å². The second-order valence-corrected chi connectivity index (χ2v) is 6.12. The third kappa shape index (κ3) is 2.38. The van der Waals surface area contributed by atoms with E-state index in [1.54, 1.807) is 6.20 Å². The van der Waals surface area contributed by atoms with Gasteiger partial charge >= 0.3 is 0 Å². The van der Waals surface area contributed by atoms with E-state index in [-0.39, 0.29) is 0 Å². The van der Waals surface area contributed by atoms with Crippen LogP contribution < -0.4 is 5.32 Å². The third-order valence-corrected chi connectivity index (χ3v) is 4.70. The van der Waals surface area contributed by atoms with E-state index in [2.05, 4.69) is 41.5 Å². The van der Waals surface area contributed by atoms with Gasteiger partial charge in [-0.1, -0.05) is 13.0 Å². The predicted molar refractivity (Wildman–Crippen MR) is 77.5 cm³/mol. The van der Waals surface area contributed by atoms with Crippen molar-refractivity contribution in [3.8, 4) is 5.69 Å². The molecule has 18 heavy (non-hydrogen) atoms. The van der Waals surface area contributed by atoms with E-state index < -0.39 is 0 Å². The van der Waals surface area contributed by atoms with Crippen LogP contribution in [0.4, 0.5) is 5.69 Å². The molecule has 0 saturated carbocycles. The number of rotatable bonds is 3. The van der Waals surface area contributed by atoms with Gasteiger partial charge in [0.1, 0.15) is 0 Å². The highest BCUT2D eigenvalue weighted by Gasteiger charge is 2.23. The first-order valence-corrected chi connectivity index (χ1v) is 7.34. The standard InChI is InChI=1S/C14H17N3S/c1-11-14(5-8-18-11)16-12-3-2-4-13(9-12)17-7-6-15-10-17/h2-4,6-7,9-11,14,16H,5,8H2,1H3. The SMILES string of the molecule is CC1SCCC1Nc1cccc(-n2ccnc2)c1. The molecule has 0 bridgehead atoms. The molecule has 3 rings (SSSR count). The fourth-order valence-corrected chi connectivity index (χ4v) is 3.50. The van der Waals surface area contributed by atoms with Gasteiger partial charge in [0.15, 0.2) is 0 Å². The lowest BCUT2D eigenvalue weighted by Gasteiger charge is -2.18. The molecule has 2 unspecified atom stereocenters. The minimum Gasteiger partial charge on any atom is -0.381 e. The molecule has 94 valence electrons. The first-order chi connectivity index (χ1) is 8.83. The monoisotopic (exact) mass is 259 g/mol. The Bertz CT molecular complexity index is 510. The van der Waals surface area contributed by atoms with Crippen molar-refractivity contribution in [3.05, 3.63) is 43.0 Å². The summed E-state index contributed by atoms with van der Waals surface area (Å²) in [7, 11) is 0. The van der Waals surface area contributed by atoms with Crippen LogP contribution in [0.25, 0.3) is 5.69 Å². The Morgan fingerprint density at radius 3 is 3.11 bits per heavy atom. The highest BCUT2D eigenvalue weighted by molar-refractivity contribution is 8.00. The van der Waals surface area contributed by atoms with Crippen molar-refractivity contribution in [2.75, 3.05) is 11.1 Å². The first kappa shape index (κ1) is 11.7. The average Bonchev–Trinajstić information content (AvgIpc) is 3.02. The summed E-state index contributed by atoms with van der Waals surface area (Å²) in [5.41, 5.74) is 2.34. The molecular formula is C14H17N3S. The number of aromatic nitrogens is 2. The lowest BCUT2D eigenvalue weighted by Crippen LogP contribution is -2.24. The third-order valence-electron chi connectivity index (χ3n) is 3.38. The van der Waals surface area contributed by atoms with Gasteiger partial charge in [-0.15, -0.1) is 0 Å². The summed E-state index contributed by atoms with van der Waals surface area (Å²) in [4.78, 5) is 4.08. The van der Waals surface area contributed by atoms with Gasteiger partial charge in [-0.2, -0.15) is 11.8 Å². The summed E-state index contributed by atoms with van der Waals surface area (Å²) in [5.74, 6) is 1.26. The van der Waals surface area contributed by atoms with Crippen LogP contribution in [0.2, 0.25) is 0 Å². The Kier molecular flexibility index (Phi) is 3.28. The Morgan fingerprint density at radius 1 is 1.44 bits per heavy atom. The molecule has 1 aromatic carbocycles. The van der Waals surface area contributed by atoms with E-state index in [0.717, 1.165) is 5.69 Å². The first-order valence-electron chi connectivity index (χ1n) is 6.29. The molecule has 4 heteroatoms. The van der Waals surface area contributed by atoms with Crippen LogP contribution in [0, 0.1) is 0 Å². The van der Waals surface area contributed by atoms with Crippen molar-refractivity contribution in [1.29, 1.82) is 0 Å². The smallest absolute Gasteiger partial charge is 0.0991 e. The molecule has 2 aromatic rings. The zero-order valence-corrected chi connectivity index (χ0v) is 11.2. The molecule has 1 aromatic heterocycles. The van der Waals surface area contributed by atoms with E-state index in [4.69, 9.17) is 0 Å². The highest BCUT2D eigenvalue weighted by Crippen LogP contribution is 2.29. The van der Waals surface area contributed by atoms with Gasteiger partial charge in [0.2, 0.25) is 0 Å². The zero-order valence-electron chi connectivity index (χ0n) is 10.4. The maximum absolute atomic E-state index is 4.08. The van der Waals surface area contributed by atoms with Crippen LogP contribution in [-0.4, -0.2) is 26.6 Å². The fourth-order valence-electron chi connectivity index (χ4n) is 2.30. The van der Waals surface area contributed by atoms with E-state index in [9.17, 15) is 0 Å². The summed E-state index contributed by atoms with van der Waals surface area (Å²) in [6.07, 6.45) is 6.84. The minimum atomic E-state index is 0.591. The minimum absolute atomic E-state index is 0.591. The molecule has 1 aliphatic rings. The van der Waals surface area contributed by atoms with Crippen LogP contribution in [0.5, 0.6) is 0 Å². The molecule has 0 aliphatic carbocycles. The van der Waals surface area contributed by atoms with Gasteiger partial charge in [-0.05, 0) is 30.4 Å². The van der Waals surface area contributed by atoms with Crippen LogP contribution in [0.1, 0.15) is 13.3 Å². The average molecular weight is 259 g/mol. The molecule has 1 saturated heterocycles. The molecule has 3 nitrogen and oxygen atoms in total. The van der Waals surface area contributed by atoms with Crippen LogP contribution in [-0.2, 0) is 0 Å². The summed E-state index contributed by atoms with van der Waals surface area (Å²) in [6, 6.07) is 9.09. The van der Waals surface area contributed by atoms with Gasteiger partial charge in [0.25, 0.3) is 0 Å². The Balaban J connectivity index is 1.79. The molecule has 2 heterocycles. The van der Waals surface area contributed by atoms with Crippen LogP contribution in [0.3, 0.4) is 0 Å². The number of nitrogens with one attached hydrogen (secondary N) is 1. The van der Waals surface area contributed by atoms with Crippen molar-refractivity contribution in [2.24, 2.45) is 0 Å². The highest BCUT2D eigenvalue weighted by atomic mass is 32.2. The quantitative estimate of drug-likeness (QED) is 0.918. The number of hydrogen-bond acceptors (Lipinski definition) is 3.